The van der Waals surface area contributed by atoms with Crippen LogP contribution in [0.4, 0.5) is 14.5 Å². The lowest BCUT2D eigenvalue weighted by atomic mass is 10.1. The molecule has 0 heterocycles. The number of anilines is 1. The molecular formula is C15H15F2NO. The van der Waals surface area contributed by atoms with Crippen LogP contribution >= 0.6 is 0 Å². The Morgan fingerprint density at radius 1 is 1.05 bits per heavy atom. The van der Waals surface area contributed by atoms with Crippen molar-refractivity contribution in [2.24, 2.45) is 0 Å². The van der Waals surface area contributed by atoms with E-state index >= 15 is 0 Å². The van der Waals surface area contributed by atoms with E-state index in [0.717, 1.165) is 29.5 Å². The lowest BCUT2D eigenvalue weighted by Crippen LogP contribution is -2.08. The van der Waals surface area contributed by atoms with Gasteiger partial charge in [-0.25, -0.2) is 8.78 Å². The van der Waals surface area contributed by atoms with Gasteiger partial charge in [-0.3, -0.25) is 0 Å². The van der Waals surface area contributed by atoms with Gasteiger partial charge in [-0.2, -0.15) is 0 Å². The minimum absolute atomic E-state index is 0.137. The Kier molecular flexibility index (Phi) is 4.00. The molecule has 0 fully saturated rings. The first-order valence-electron chi connectivity index (χ1n) is 5.95. The van der Waals surface area contributed by atoms with Crippen molar-refractivity contribution >= 4 is 5.69 Å². The summed E-state index contributed by atoms with van der Waals surface area (Å²) in [6, 6.07) is 10.6. The van der Waals surface area contributed by atoms with E-state index in [1.54, 1.807) is 7.11 Å². The monoisotopic (exact) mass is 263 g/mol. The maximum Gasteiger partial charge on any atom is 0.146 e. The second-order valence-corrected chi connectivity index (χ2v) is 4.26. The molecule has 1 atom stereocenters. The topological polar surface area (TPSA) is 21.3 Å². The van der Waals surface area contributed by atoms with E-state index in [1.807, 2.05) is 31.2 Å². The summed E-state index contributed by atoms with van der Waals surface area (Å²) in [5.74, 6) is -0.180. The molecule has 2 aromatic rings. The molecule has 2 aromatic carbocycles. The molecule has 0 saturated heterocycles. The highest BCUT2D eigenvalue weighted by molar-refractivity contribution is 5.47. The molecule has 1 unspecified atom stereocenters. The Labute approximate surface area is 111 Å². The molecule has 2 rings (SSSR count). The van der Waals surface area contributed by atoms with Gasteiger partial charge in [0.1, 0.15) is 17.4 Å². The van der Waals surface area contributed by atoms with E-state index < -0.39 is 11.6 Å². The molecule has 19 heavy (non-hydrogen) atoms. The van der Waals surface area contributed by atoms with Gasteiger partial charge in [0.2, 0.25) is 0 Å². The molecule has 2 nitrogen and oxygen atoms in total. The third kappa shape index (κ3) is 3.22. The van der Waals surface area contributed by atoms with Crippen LogP contribution in [0.25, 0.3) is 0 Å². The third-order valence-electron chi connectivity index (χ3n) is 2.92. The summed E-state index contributed by atoms with van der Waals surface area (Å²) in [6.07, 6.45) is 0. The van der Waals surface area contributed by atoms with Crippen molar-refractivity contribution in [3.05, 3.63) is 59.7 Å². The number of hydrogen-bond donors (Lipinski definition) is 1. The average molecular weight is 263 g/mol. The minimum Gasteiger partial charge on any atom is -0.497 e. The molecule has 0 aromatic heterocycles. The van der Waals surface area contributed by atoms with Gasteiger partial charge in [0.15, 0.2) is 0 Å². The SMILES string of the molecule is COc1ccc(C(C)Nc2cc(F)ccc2F)cc1. The second kappa shape index (κ2) is 5.69. The van der Waals surface area contributed by atoms with Crippen LogP contribution < -0.4 is 10.1 Å². The van der Waals surface area contributed by atoms with Crippen molar-refractivity contribution in [1.82, 2.24) is 0 Å². The summed E-state index contributed by atoms with van der Waals surface area (Å²) >= 11 is 0. The van der Waals surface area contributed by atoms with Crippen LogP contribution in [0.3, 0.4) is 0 Å². The fraction of sp³-hybridized carbons (Fsp3) is 0.200. The summed E-state index contributed by atoms with van der Waals surface area (Å²) in [4.78, 5) is 0. The fourth-order valence-electron chi connectivity index (χ4n) is 1.82. The Morgan fingerprint density at radius 3 is 2.37 bits per heavy atom. The number of rotatable bonds is 4. The smallest absolute Gasteiger partial charge is 0.146 e. The Bertz CT molecular complexity index is 555. The highest BCUT2D eigenvalue weighted by Gasteiger charge is 2.09. The fourth-order valence-corrected chi connectivity index (χ4v) is 1.82. The van der Waals surface area contributed by atoms with Crippen molar-refractivity contribution in [2.45, 2.75) is 13.0 Å². The van der Waals surface area contributed by atoms with Crippen molar-refractivity contribution in [3.63, 3.8) is 0 Å². The van der Waals surface area contributed by atoms with Gasteiger partial charge < -0.3 is 10.1 Å². The molecule has 0 bridgehead atoms. The molecule has 0 aliphatic carbocycles. The van der Waals surface area contributed by atoms with Gasteiger partial charge in [0.05, 0.1) is 12.8 Å². The third-order valence-corrected chi connectivity index (χ3v) is 2.92. The van der Waals surface area contributed by atoms with Crippen LogP contribution in [0.5, 0.6) is 5.75 Å². The zero-order chi connectivity index (χ0) is 13.8. The number of hydrogen-bond acceptors (Lipinski definition) is 2. The number of ether oxygens (including phenoxy) is 1. The van der Waals surface area contributed by atoms with Gasteiger partial charge in [-0.15, -0.1) is 0 Å². The Morgan fingerprint density at radius 2 is 1.74 bits per heavy atom. The Hall–Kier alpha value is -2.10. The van der Waals surface area contributed by atoms with Crippen molar-refractivity contribution in [2.75, 3.05) is 12.4 Å². The van der Waals surface area contributed by atoms with Gasteiger partial charge in [0, 0.05) is 6.04 Å². The van der Waals surface area contributed by atoms with E-state index in [4.69, 9.17) is 4.74 Å². The zero-order valence-corrected chi connectivity index (χ0v) is 10.8. The number of halogens is 2. The van der Waals surface area contributed by atoms with Crippen molar-refractivity contribution in [1.29, 1.82) is 0 Å². The number of nitrogens with one attached hydrogen (secondary N) is 1. The zero-order valence-electron chi connectivity index (χ0n) is 10.8. The van der Waals surface area contributed by atoms with Gasteiger partial charge in [0.25, 0.3) is 0 Å². The molecule has 0 saturated carbocycles. The van der Waals surface area contributed by atoms with Crippen LogP contribution in [0.1, 0.15) is 18.5 Å². The average Bonchev–Trinajstić information content (AvgIpc) is 2.43. The molecule has 0 aliphatic heterocycles. The van der Waals surface area contributed by atoms with Crippen LogP contribution in [0, 0.1) is 11.6 Å². The second-order valence-electron chi connectivity index (χ2n) is 4.26. The predicted molar refractivity (Wildman–Crippen MR) is 71.4 cm³/mol. The molecule has 100 valence electrons. The van der Waals surface area contributed by atoms with Crippen LogP contribution in [-0.2, 0) is 0 Å². The summed E-state index contributed by atoms with van der Waals surface area (Å²) in [6.45, 7) is 1.88. The van der Waals surface area contributed by atoms with E-state index in [2.05, 4.69) is 5.32 Å². The van der Waals surface area contributed by atoms with Gasteiger partial charge >= 0.3 is 0 Å². The first kappa shape index (κ1) is 13.3. The predicted octanol–water partition coefficient (Wildman–Crippen LogP) is 4.15. The first-order chi connectivity index (χ1) is 9.10. The molecule has 4 heteroatoms. The van der Waals surface area contributed by atoms with Gasteiger partial charge in [-0.05, 0) is 42.8 Å². The number of benzene rings is 2. The van der Waals surface area contributed by atoms with Crippen LogP contribution in [-0.4, -0.2) is 7.11 Å². The summed E-state index contributed by atoms with van der Waals surface area (Å²) < 4.78 is 31.7. The summed E-state index contributed by atoms with van der Waals surface area (Å²) in [5, 5.41) is 2.95. The highest BCUT2D eigenvalue weighted by Crippen LogP contribution is 2.23. The lowest BCUT2D eigenvalue weighted by Gasteiger charge is -2.16. The quantitative estimate of drug-likeness (QED) is 0.894. The lowest BCUT2D eigenvalue weighted by molar-refractivity contribution is 0.414. The first-order valence-corrected chi connectivity index (χ1v) is 5.95. The standard InChI is InChI=1S/C15H15F2NO/c1-10(11-3-6-13(19-2)7-4-11)18-15-9-12(16)5-8-14(15)17/h3-10,18H,1-2H3. The highest BCUT2D eigenvalue weighted by atomic mass is 19.1. The van der Waals surface area contributed by atoms with Crippen LogP contribution in [0.15, 0.2) is 42.5 Å². The van der Waals surface area contributed by atoms with Crippen molar-refractivity contribution in [3.8, 4) is 5.75 Å². The normalized spacial score (nSPS) is 12.0. The van der Waals surface area contributed by atoms with Crippen molar-refractivity contribution < 1.29 is 13.5 Å². The van der Waals surface area contributed by atoms with E-state index in [0.29, 0.717) is 0 Å². The maximum absolute atomic E-state index is 13.5. The summed E-state index contributed by atoms with van der Waals surface area (Å²) in [5.41, 5.74) is 1.12. The Balaban J connectivity index is 2.15. The largest absolute Gasteiger partial charge is 0.497 e. The molecule has 0 spiro atoms. The molecule has 0 radical (unpaired) electrons. The van der Waals surface area contributed by atoms with E-state index in [-0.39, 0.29) is 11.7 Å². The van der Waals surface area contributed by atoms with E-state index in [9.17, 15) is 8.78 Å². The molecule has 0 aliphatic rings. The van der Waals surface area contributed by atoms with Crippen LogP contribution in [0.2, 0.25) is 0 Å². The van der Waals surface area contributed by atoms with Gasteiger partial charge in [-0.1, -0.05) is 12.1 Å². The molecule has 1 N–H and O–H groups in total. The molecule has 0 amide bonds. The molecular weight excluding hydrogens is 248 g/mol. The van der Waals surface area contributed by atoms with E-state index in [1.165, 1.54) is 0 Å². The minimum atomic E-state index is -0.471. The maximum atomic E-state index is 13.5. The summed E-state index contributed by atoms with van der Waals surface area (Å²) in [7, 11) is 1.60. The number of methoxy groups -OCH3 is 1.